The summed E-state index contributed by atoms with van der Waals surface area (Å²) in [6, 6.07) is 6.77. The molecule has 0 spiro atoms. The third-order valence-corrected chi connectivity index (χ3v) is 4.38. The number of nitrogens with zero attached hydrogens (tertiary/aromatic N) is 1. The van der Waals surface area contributed by atoms with Gasteiger partial charge in [0.05, 0.1) is 5.70 Å². The Balaban J connectivity index is 1.77. The fourth-order valence-electron chi connectivity index (χ4n) is 2.16. The molecule has 17 heavy (non-hydrogen) atoms. The van der Waals surface area contributed by atoms with E-state index in [0.29, 0.717) is 5.11 Å². The van der Waals surface area contributed by atoms with Gasteiger partial charge in [0.25, 0.3) is 0 Å². The van der Waals surface area contributed by atoms with E-state index < -0.39 is 0 Å². The molecule has 87 valence electrons. The van der Waals surface area contributed by atoms with Crippen molar-refractivity contribution in [3.63, 3.8) is 0 Å². The SMILES string of the molecule is S=C1[N]C(Cc2ccc3c(c2)CCCS3)=CN1. The largest absolute Gasteiger partial charge is 0.336 e. The molecule has 0 aromatic heterocycles. The third-order valence-electron chi connectivity index (χ3n) is 2.97. The summed E-state index contributed by atoms with van der Waals surface area (Å²) >= 11 is 6.95. The molecular weight excluding hydrogens is 248 g/mol. The van der Waals surface area contributed by atoms with Gasteiger partial charge in [-0.15, -0.1) is 11.8 Å². The highest BCUT2D eigenvalue weighted by atomic mass is 32.2. The highest BCUT2D eigenvalue weighted by Gasteiger charge is 2.13. The van der Waals surface area contributed by atoms with Crippen LogP contribution in [0, 0.1) is 0 Å². The lowest BCUT2D eigenvalue weighted by molar-refractivity contribution is 0.883. The van der Waals surface area contributed by atoms with Crippen LogP contribution in [0.1, 0.15) is 17.5 Å². The summed E-state index contributed by atoms with van der Waals surface area (Å²) in [6.07, 6.45) is 5.27. The zero-order chi connectivity index (χ0) is 11.7. The maximum Gasteiger partial charge on any atom is 0.197 e. The molecule has 0 bridgehead atoms. The molecule has 1 N–H and O–H groups in total. The summed E-state index contributed by atoms with van der Waals surface area (Å²) in [5.74, 6) is 1.25. The number of hydrogen-bond donors (Lipinski definition) is 1. The second-order valence-corrected chi connectivity index (χ2v) is 5.79. The standard InChI is InChI=1S/C13H13N2S2/c16-13-14-8-11(15-13)7-9-3-4-12-10(6-9)2-1-5-17-12/h3-4,6,8H,1-2,5,7H2,(H,14,16). The number of hydrogen-bond acceptors (Lipinski definition) is 2. The highest BCUT2D eigenvalue weighted by molar-refractivity contribution is 7.99. The summed E-state index contributed by atoms with van der Waals surface area (Å²) in [6.45, 7) is 0. The zero-order valence-electron chi connectivity index (χ0n) is 9.40. The summed E-state index contributed by atoms with van der Waals surface area (Å²) < 4.78 is 0. The van der Waals surface area contributed by atoms with Crippen molar-refractivity contribution in [3.8, 4) is 0 Å². The number of aryl methyl sites for hydroxylation is 1. The summed E-state index contributed by atoms with van der Waals surface area (Å²) in [4.78, 5) is 1.45. The molecule has 0 aliphatic carbocycles. The summed E-state index contributed by atoms with van der Waals surface area (Å²) in [7, 11) is 0. The molecule has 2 heterocycles. The Kier molecular flexibility index (Phi) is 3.07. The fourth-order valence-corrected chi connectivity index (χ4v) is 3.36. The average molecular weight is 261 g/mol. The fraction of sp³-hybridized carbons (Fsp3) is 0.308. The molecule has 2 aliphatic heterocycles. The smallest absolute Gasteiger partial charge is 0.197 e. The van der Waals surface area contributed by atoms with E-state index in [4.69, 9.17) is 12.2 Å². The van der Waals surface area contributed by atoms with E-state index in [0.717, 1.165) is 12.1 Å². The number of allylic oxidation sites excluding steroid dienone is 1. The lowest BCUT2D eigenvalue weighted by Gasteiger charge is -2.16. The van der Waals surface area contributed by atoms with Crippen LogP contribution in [0.25, 0.3) is 0 Å². The van der Waals surface area contributed by atoms with Gasteiger partial charge in [0.1, 0.15) is 0 Å². The molecule has 1 aromatic carbocycles. The molecule has 0 atom stereocenters. The van der Waals surface area contributed by atoms with Crippen molar-refractivity contribution >= 4 is 29.1 Å². The van der Waals surface area contributed by atoms with Crippen LogP contribution in [-0.2, 0) is 12.8 Å². The number of nitrogens with one attached hydrogen (secondary N) is 1. The monoisotopic (exact) mass is 261 g/mol. The van der Waals surface area contributed by atoms with Gasteiger partial charge >= 0.3 is 0 Å². The van der Waals surface area contributed by atoms with Gasteiger partial charge in [0.2, 0.25) is 0 Å². The molecule has 2 aliphatic rings. The van der Waals surface area contributed by atoms with E-state index in [1.54, 1.807) is 0 Å². The van der Waals surface area contributed by atoms with Gasteiger partial charge in [-0.25, -0.2) is 5.32 Å². The van der Waals surface area contributed by atoms with Crippen LogP contribution in [0.4, 0.5) is 0 Å². The van der Waals surface area contributed by atoms with Gasteiger partial charge in [-0.2, -0.15) is 0 Å². The number of thioether (sulfide) groups is 1. The van der Waals surface area contributed by atoms with E-state index >= 15 is 0 Å². The molecule has 0 saturated heterocycles. The molecule has 1 aromatic rings. The highest BCUT2D eigenvalue weighted by Crippen LogP contribution is 2.30. The first-order valence-electron chi connectivity index (χ1n) is 5.77. The van der Waals surface area contributed by atoms with Crippen LogP contribution in [0.3, 0.4) is 0 Å². The van der Waals surface area contributed by atoms with Crippen LogP contribution < -0.4 is 10.6 Å². The Bertz CT molecular complexity index is 494. The first-order chi connectivity index (χ1) is 8.31. The molecular formula is C13H13N2S2. The first kappa shape index (κ1) is 11.1. The van der Waals surface area contributed by atoms with Crippen molar-refractivity contribution in [3.05, 3.63) is 41.2 Å². The summed E-state index contributed by atoms with van der Waals surface area (Å²) in [5, 5.41) is 7.80. The molecule has 0 fully saturated rings. The first-order valence-corrected chi connectivity index (χ1v) is 7.16. The maximum absolute atomic E-state index is 4.98. The van der Waals surface area contributed by atoms with E-state index in [2.05, 4.69) is 28.8 Å². The molecule has 0 saturated carbocycles. The Morgan fingerprint density at radius 1 is 1.41 bits per heavy atom. The van der Waals surface area contributed by atoms with Crippen LogP contribution in [-0.4, -0.2) is 10.9 Å². The second-order valence-electron chi connectivity index (χ2n) is 4.27. The van der Waals surface area contributed by atoms with Crippen LogP contribution >= 0.6 is 24.0 Å². The summed E-state index contributed by atoms with van der Waals surface area (Å²) in [5.41, 5.74) is 3.85. The van der Waals surface area contributed by atoms with Crippen molar-refractivity contribution in [2.45, 2.75) is 24.2 Å². The molecule has 0 unspecified atom stereocenters. The minimum Gasteiger partial charge on any atom is -0.336 e. The third kappa shape index (κ3) is 2.48. The Morgan fingerprint density at radius 3 is 3.18 bits per heavy atom. The minimum absolute atomic E-state index is 0.577. The predicted molar refractivity (Wildman–Crippen MR) is 75.1 cm³/mol. The molecule has 2 nitrogen and oxygen atoms in total. The minimum atomic E-state index is 0.577. The molecule has 1 radical (unpaired) electrons. The number of thiocarbonyl (C=S) groups is 1. The van der Waals surface area contributed by atoms with Crippen molar-refractivity contribution in [2.24, 2.45) is 0 Å². The van der Waals surface area contributed by atoms with E-state index in [9.17, 15) is 0 Å². The maximum atomic E-state index is 4.98. The molecule has 0 amide bonds. The van der Waals surface area contributed by atoms with Gasteiger partial charge in [0, 0.05) is 17.5 Å². The zero-order valence-corrected chi connectivity index (χ0v) is 11.0. The van der Waals surface area contributed by atoms with Crippen molar-refractivity contribution in [1.29, 1.82) is 0 Å². The predicted octanol–water partition coefficient (Wildman–Crippen LogP) is 2.60. The van der Waals surface area contributed by atoms with Gasteiger partial charge in [0.15, 0.2) is 5.11 Å². The van der Waals surface area contributed by atoms with Gasteiger partial charge < -0.3 is 5.32 Å². The Morgan fingerprint density at radius 2 is 2.35 bits per heavy atom. The van der Waals surface area contributed by atoms with Crippen molar-refractivity contribution in [1.82, 2.24) is 10.6 Å². The number of fused-ring (bicyclic) bond motifs is 1. The van der Waals surface area contributed by atoms with Gasteiger partial charge in [-0.3, -0.25) is 0 Å². The van der Waals surface area contributed by atoms with Crippen LogP contribution in [0.5, 0.6) is 0 Å². The lowest BCUT2D eigenvalue weighted by atomic mass is 10.0. The van der Waals surface area contributed by atoms with E-state index in [1.807, 2.05) is 18.0 Å². The van der Waals surface area contributed by atoms with E-state index in [-0.39, 0.29) is 0 Å². The van der Waals surface area contributed by atoms with Crippen LogP contribution in [0.15, 0.2) is 35.0 Å². The van der Waals surface area contributed by atoms with Crippen molar-refractivity contribution < 1.29 is 0 Å². The van der Waals surface area contributed by atoms with Crippen LogP contribution in [0.2, 0.25) is 0 Å². The van der Waals surface area contributed by atoms with Gasteiger partial charge in [-0.1, -0.05) is 12.1 Å². The molecule has 3 rings (SSSR count). The van der Waals surface area contributed by atoms with Crippen molar-refractivity contribution in [2.75, 3.05) is 5.75 Å². The second kappa shape index (κ2) is 4.70. The lowest BCUT2D eigenvalue weighted by Crippen LogP contribution is -2.16. The molecule has 4 heteroatoms. The Labute approximate surface area is 111 Å². The number of rotatable bonds is 2. The average Bonchev–Trinajstić information content (AvgIpc) is 2.75. The van der Waals surface area contributed by atoms with E-state index in [1.165, 1.54) is 34.6 Å². The Hall–Kier alpha value is -1.00. The number of benzene rings is 1. The van der Waals surface area contributed by atoms with Gasteiger partial charge in [-0.05, 0) is 48.0 Å². The normalized spacial score (nSPS) is 18.1. The topological polar surface area (TPSA) is 26.1 Å². The quantitative estimate of drug-likeness (QED) is 0.829.